The van der Waals surface area contributed by atoms with Crippen LogP contribution in [0.15, 0.2) is 42.5 Å². The molecule has 0 aliphatic heterocycles. The van der Waals surface area contributed by atoms with Gasteiger partial charge in [-0.1, -0.05) is 6.07 Å². The number of methoxy groups -OCH3 is 2. The Kier molecular flexibility index (Phi) is 5.67. The number of hydrogen-bond acceptors (Lipinski definition) is 4. The molecule has 0 fully saturated rings. The van der Waals surface area contributed by atoms with Crippen molar-refractivity contribution in [3.63, 3.8) is 0 Å². The number of hydrogen-bond donors (Lipinski definition) is 1. The Morgan fingerprint density at radius 2 is 1.86 bits per heavy atom. The van der Waals surface area contributed by atoms with Crippen LogP contribution in [0.4, 0.5) is 8.78 Å². The smallest absolute Gasteiger partial charge is 0.387 e. The Hall–Kier alpha value is -3.29. The number of nitrogens with zero attached hydrogens (tertiary/aromatic N) is 1. The van der Waals surface area contributed by atoms with Gasteiger partial charge in [-0.25, -0.2) is 0 Å². The lowest BCUT2D eigenvalue weighted by Gasteiger charge is -2.18. The van der Waals surface area contributed by atoms with Gasteiger partial charge in [-0.15, -0.1) is 0 Å². The first-order chi connectivity index (χ1) is 13.4. The number of alkyl halides is 2. The first kappa shape index (κ1) is 19.5. The quantitative estimate of drug-likeness (QED) is 0.661. The van der Waals surface area contributed by atoms with Crippen molar-refractivity contribution in [2.24, 2.45) is 0 Å². The van der Waals surface area contributed by atoms with E-state index in [1.165, 1.54) is 18.1 Å². The number of fused-ring (bicyclic) bond motifs is 1. The number of H-pyrrole nitrogens is 1. The number of aromatic nitrogens is 1. The Morgan fingerprint density at radius 3 is 2.54 bits per heavy atom. The highest BCUT2D eigenvalue weighted by Gasteiger charge is 2.17. The molecule has 3 rings (SSSR count). The van der Waals surface area contributed by atoms with E-state index in [4.69, 9.17) is 9.47 Å². The molecule has 0 atom stereocenters. The van der Waals surface area contributed by atoms with E-state index in [0.29, 0.717) is 17.0 Å². The van der Waals surface area contributed by atoms with E-state index in [2.05, 4.69) is 9.72 Å². The third-order valence-electron chi connectivity index (χ3n) is 4.27. The van der Waals surface area contributed by atoms with Crippen molar-refractivity contribution in [3.05, 3.63) is 53.7 Å². The van der Waals surface area contributed by atoms with Crippen LogP contribution in [0.25, 0.3) is 10.9 Å². The molecule has 0 aliphatic rings. The SMILES string of the molecule is COc1ccc2cc(C(=O)N(C)Cc3ccc(OC(F)F)c(OC)c3)[nH]c2c1. The molecule has 1 N–H and O–H groups in total. The molecular formula is C20H20F2N2O4. The topological polar surface area (TPSA) is 63.8 Å². The molecule has 8 heteroatoms. The van der Waals surface area contributed by atoms with E-state index in [1.54, 1.807) is 32.4 Å². The summed E-state index contributed by atoms with van der Waals surface area (Å²) >= 11 is 0. The fraction of sp³-hybridized carbons (Fsp3) is 0.250. The second-order valence-electron chi connectivity index (χ2n) is 6.16. The summed E-state index contributed by atoms with van der Waals surface area (Å²) in [7, 11) is 4.60. The minimum absolute atomic E-state index is 0.0557. The number of benzene rings is 2. The van der Waals surface area contributed by atoms with Crippen LogP contribution in [0.2, 0.25) is 0 Å². The van der Waals surface area contributed by atoms with Gasteiger partial charge in [-0.3, -0.25) is 4.79 Å². The molecule has 0 aliphatic carbocycles. The fourth-order valence-electron chi connectivity index (χ4n) is 2.90. The number of amides is 1. The molecule has 6 nitrogen and oxygen atoms in total. The maximum atomic E-state index is 12.7. The van der Waals surface area contributed by atoms with Gasteiger partial charge in [-0.05, 0) is 35.9 Å². The molecule has 3 aromatic rings. The van der Waals surface area contributed by atoms with Crippen LogP contribution in [0, 0.1) is 0 Å². The summed E-state index contributed by atoms with van der Waals surface area (Å²) in [4.78, 5) is 17.4. The number of carbonyl (C=O) groups excluding carboxylic acids is 1. The van der Waals surface area contributed by atoms with Gasteiger partial charge in [0.25, 0.3) is 5.91 Å². The minimum atomic E-state index is -2.94. The maximum absolute atomic E-state index is 12.7. The highest BCUT2D eigenvalue weighted by atomic mass is 19.3. The van der Waals surface area contributed by atoms with Crippen molar-refractivity contribution in [2.75, 3.05) is 21.3 Å². The normalized spacial score (nSPS) is 10.9. The summed E-state index contributed by atoms with van der Waals surface area (Å²) in [5.74, 6) is 0.609. The summed E-state index contributed by atoms with van der Waals surface area (Å²) in [6.07, 6.45) is 0. The first-order valence-electron chi connectivity index (χ1n) is 8.45. The summed E-state index contributed by atoms with van der Waals surface area (Å²) < 4.78 is 39.6. The van der Waals surface area contributed by atoms with E-state index in [0.717, 1.165) is 10.9 Å². The second-order valence-corrected chi connectivity index (χ2v) is 6.16. The number of aromatic amines is 1. The Balaban J connectivity index is 1.77. The van der Waals surface area contributed by atoms with E-state index in [-0.39, 0.29) is 24.0 Å². The third kappa shape index (κ3) is 4.16. The van der Waals surface area contributed by atoms with Gasteiger partial charge in [-0.2, -0.15) is 8.78 Å². The van der Waals surface area contributed by atoms with E-state index in [1.807, 2.05) is 18.2 Å². The number of rotatable bonds is 7. The van der Waals surface area contributed by atoms with Gasteiger partial charge in [0.05, 0.1) is 14.2 Å². The van der Waals surface area contributed by atoms with Crippen LogP contribution in [0.5, 0.6) is 17.2 Å². The number of ether oxygens (including phenoxy) is 3. The molecule has 148 valence electrons. The lowest BCUT2D eigenvalue weighted by Crippen LogP contribution is -2.26. The van der Waals surface area contributed by atoms with Crippen LogP contribution in [0.3, 0.4) is 0 Å². The second kappa shape index (κ2) is 8.16. The minimum Gasteiger partial charge on any atom is -0.497 e. The molecule has 0 unspecified atom stereocenters. The predicted molar refractivity (Wildman–Crippen MR) is 100 cm³/mol. The van der Waals surface area contributed by atoms with Crippen molar-refractivity contribution in [2.45, 2.75) is 13.2 Å². The fourth-order valence-corrected chi connectivity index (χ4v) is 2.90. The maximum Gasteiger partial charge on any atom is 0.387 e. The average Bonchev–Trinajstić information content (AvgIpc) is 3.11. The molecule has 2 aromatic carbocycles. The van der Waals surface area contributed by atoms with Gasteiger partial charge in [0.1, 0.15) is 11.4 Å². The molecule has 28 heavy (non-hydrogen) atoms. The highest BCUT2D eigenvalue weighted by molar-refractivity contribution is 5.98. The van der Waals surface area contributed by atoms with Gasteiger partial charge in [0, 0.05) is 30.6 Å². The largest absolute Gasteiger partial charge is 0.497 e. The summed E-state index contributed by atoms with van der Waals surface area (Å²) in [6, 6.07) is 11.9. The molecule has 0 bridgehead atoms. The summed E-state index contributed by atoms with van der Waals surface area (Å²) in [6.45, 7) is -2.67. The van der Waals surface area contributed by atoms with Crippen LogP contribution >= 0.6 is 0 Å². The van der Waals surface area contributed by atoms with Gasteiger partial charge in [0.15, 0.2) is 11.5 Å². The molecular weight excluding hydrogens is 370 g/mol. The van der Waals surface area contributed by atoms with Gasteiger partial charge in [0.2, 0.25) is 0 Å². The van der Waals surface area contributed by atoms with Gasteiger partial charge < -0.3 is 24.1 Å². The Bertz CT molecular complexity index is 987. The molecule has 0 radical (unpaired) electrons. The van der Waals surface area contributed by atoms with E-state index in [9.17, 15) is 13.6 Å². The average molecular weight is 390 g/mol. The molecule has 1 amide bonds. The number of carbonyl (C=O) groups is 1. The first-order valence-corrected chi connectivity index (χ1v) is 8.45. The van der Waals surface area contributed by atoms with E-state index < -0.39 is 6.61 Å². The summed E-state index contributed by atoms with van der Waals surface area (Å²) in [5.41, 5.74) is 1.95. The zero-order valence-corrected chi connectivity index (χ0v) is 15.7. The van der Waals surface area contributed by atoms with Crippen LogP contribution in [-0.2, 0) is 6.54 Å². The van der Waals surface area contributed by atoms with Crippen molar-refractivity contribution >= 4 is 16.8 Å². The van der Waals surface area contributed by atoms with Crippen molar-refractivity contribution in [1.82, 2.24) is 9.88 Å². The lowest BCUT2D eigenvalue weighted by atomic mass is 10.2. The summed E-state index contributed by atoms with van der Waals surface area (Å²) in [5, 5.41) is 0.896. The van der Waals surface area contributed by atoms with E-state index >= 15 is 0 Å². The number of halogens is 2. The van der Waals surface area contributed by atoms with Crippen LogP contribution in [0.1, 0.15) is 16.1 Å². The third-order valence-corrected chi connectivity index (χ3v) is 4.27. The van der Waals surface area contributed by atoms with Crippen LogP contribution < -0.4 is 14.2 Å². The molecule has 1 aromatic heterocycles. The Labute approximate surface area is 160 Å². The molecule has 0 saturated heterocycles. The Morgan fingerprint density at radius 1 is 1.07 bits per heavy atom. The predicted octanol–water partition coefficient (Wildman–Crippen LogP) is 4.06. The molecule has 1 heterocycles. The van der Waals surface area contributed by atoms with Crippen LogP contribution in [-0.4, -0.2) is 43.7 Å². The highest BCUT2D eigenvalue weighted by Crippen LogP contribution is 2.30. The lowest BCUT2D eigenvalue weighted by molar-refractivity contribution is -0.0512. The standard InChI is InChI=1S/C20H20F2N2O4/c1-24(11-12-4-7-17(28-20(21)22)18(8-12)27-3)19(25)16-9-13-5-6-14(26-2)10-15(13)23-16/h4-10,20,23H,11H2,1-3H3. The zero-order chi connectivity index (χ0) is 20.3. The monoisotopic (exact) mass is 390 g/mol. The molecule has 0 spiro atoms. The van der Waals surface area contributed by atoms with Crippen molar-refractivity contribution in [3.8, 4) is 17.2 Å². The van der Waals surface area contributed by atoms with Crippen molar-refractivity contribution < 1.29 is 27.8 Å². The molecule has 0 saturated carbocycles. The van der Waals surface area contributed by atoms with Crippen molar-refractivity contribution in [1.29, 1.82) is 0 Å². The zero-order valence-electron chi connectivity index (χ0n) is 15.7. The number of nitrogens with one attached hydrogen (secondary N) is 1. The van der Waals surface area contributed by atoms with Gasteiger partial charge >= 0.3 is 6.61 Å².